The molecule has 0 amide bonds. The molecule has 22 heavy (non-hydrogen) atoms. The molecule has 0 atom stereocenters. The Morgan fingerprint density at radius 3 is 2.50 bits per heavy atom. The van der Waals surface area contributed by atoms with Crippen LogP contribution in [0.3, 0.4) is 0 Å². The Labute approximate surface area is 134 Å². The highest BCUT2D eigenvalue weighted by molar-refractivity contribution is 8.15. The van der Waals surface area contributed by atoms with E-state index in [4.69, 9.17) is 4.74 Å². The number of nitrogens with one attached hydrogen (secondary N) is 1. The first-order valence-electron chi connectivity index (χ1n) is 6.81. The summed E-state index contributed by atoms with van der Waals surface area (Å²) < 4.78 is 5.10. The van der Waals surface area contributed by atoms with Crippen LogP contribution in [0.2, 0.25) is 0 Å². The smallest absolute Gasteiger partial charge is 0.186 e. The van der Waals surface area contributed by atoms with Gasteiger partial charge in [0, 0.05) is 11.8 Å². The normalized spacial score (nSPS) is 11.1. The summed E-state index contributed by atoms with van der Waals surface area (Å²) in [5.41, 5.74) is 4.85. The topological polar surface area (TPSA) is 50.7 Å². The van der Waals surface area contributed by atoms with Crippen molar-refractivity contribution in [3.8, 4) is 5.75 Å². The first-order chi connectivity index (χ1) is 10.6. The number of aryl methyl sites for hydroxylation is 1. The number of hydrogen-bond donors (Lipinski definition) is 1. The van der Waals surface area contributed by atoms with E-state index < -0.39 is 0 Å². The summed E-state index contributed by atoms with van der Waals surface area (Å²) in [5, 5.41) is 4.63. The van der Waals surface area contributed by atoms with E-state index in [2.05, 4.69) is 10.5 Å². The lowest BCUT2D eigenvalue weighted by molar-refractivity contribution is -0.110. The summed E-state index contributed by atoms with van der Waals surface area (Å²) in [7, 11) is 1.62. The van der Waals surface area contributed by atoms with Gasteiger partial charge in [0.2, 0.25) is 0 Å². The van der Waals surface area contributed by atoms with Crippen LogP contribution >= 0.6 is 11.8 Å². The standard InChI is InChI=1S/C17H18N2O2S/c1-12-5-4-6-16(11-12)22-17(13(2)20)19-18-14-7-9-15(21-3)10-8-14/h4-11,18H,1-3H3. The first-order valence-corrected chi connectivity index (χ1v) is 7.63. The number of Topliss-reactive ketones (excluding diaryl/α,β-unsaturated/α-hetero) is 1. The Hall–Kier alpha value is -2.27. The summed E-state index contributed by atoms with van der Waals surface area (Å²) in [6, 6.07) is 15.3. The third kappa shape index (κ3) is 4.63. The minimum Gasteiger partial charge on any atom is -0.497 e. The molecule has 0 aliphatic rings. The van der Waals surface area contributed by atoms with Crippen LogP contribution in [0.4, 0.5) is 5.69 Å². The zero-order chi connectivity index (χ0) is 15.9. The molecule has 0 aliphatic carbocycles. The molecule has 0 unspecified atom stereocenters. The fourth-order valence-electron chi connectivity index (χ4n) is 1.74. The number of methoxy groups -OCH3 is 1. The van der Waals surface area contributed by atoms with Gasteiger partial charge in [-0.3, -0.25) is 10.2 Å². The molecule has 5 heteroatoms. The lowest BCUT2D eigenvalue weighted by Gasteiger charge is -2.06. The van der Waals surface area contributed by atoms with E-state index in [-0.39, 0.29) is 5.78 Å². The van der Waals surface area contributed by atoms with E-state index >= 15 is 0 Å². The maximum absolute atomic E-state index is 11.7. The Balaban J connectivity index is 2.11. The lowest BCUT2D eigenvalue weighted by Crippen LogP contribution is -2.08. The predicted octanol–water partition coefficient (Wildman–Crippen LogP) is 4.11. The number of hydrogen-bond acceptors (Lipinski definition) is 5. The highest BCUT2D eigenvalue weighted by Gasteiger charge is 2.09. The van der Waals surface area contributed by atoms with Gasteiger partial charge in [0.15, 0.2) is 10.8 Å². The van der Waals surface area contributed by atoms with Crippen molar-refractivity contribution in [3.63, 3.8) is 0 Å². The molecule has 0 saturated carbocycles. The average Bonchev–Trinajstić information content (AvgIpc) is 2.51. The van der Waals surface area contributed by atoms with Crippen LogP contribution in [-0.2, 0) is 4.79 Å². The number of thioether (sulfide) groups is 1. The fraction of sp³-hybridized carbons (Fsp3) is 0.176. The number of carbonyl (C=O) groups excluding carboxylic acids is 1. The Kier molecular flexibility index (Phi) is 5.61. The number of hydrazone groups is 1. The molecule has 1 N–H and O–H groups in total. The summed E-state index contributed by atoms with van der Waals surface area (Å²) >= 11 is 1.35. The van der Waals surface area contributed by atoms with Crippen LogP contribution < -0.4 is 10.2 Å². The van der Waals surface area contributed by atoms with E-state index in [1.807, 2.05) is 55.5 Å². The van der Waals surface area contributed by atoms with Gasteiger partial charge >= 0.3 is 0 Å². The van der Waals surface area contributed by atoms with Gasteiger partial charge in [-0.05, 0) is 43.3 Å². The predicted molar refractivity (Wildman–Crippen MR) is 91.8 cm³/mol. The van der Waals surface area contributed by atoms with Crippen molar-refractivity contribution in [2.45, 2.75) is 18.7 Å². The molecule has 2 aromatic rings. The molecule has 0 bridgehead atoms. The van der Waals surface area contributed by atoms with Gasteiger partial charge in [0.25, 0.3) is 0 Å². The van der Waals surface area contributed by atoms with Crippen molar-refractivity contribution in [2.75, 3.05) is 12.5 Å². The summed E-state index contributed by atoms with van der Waals surface area (Å²) in [6.07, 6.45) is 0. The Morgan fingerprint density at radius 2 is 1.91 bits per heavy atom. The van der Waals surface area contributed by atoms with E-state index in [1.165, 1.54) is 18.7 Å². The molecule has 0 radical (unpaired) electrons. The summed E-state index contributed by atoms with van der Waals surface area (Å²) in [4.78, 5) is 12.7. The molecule has 2 aromatic carbocycles. The SMILES string of the molecule is COc1ccc(NN=C(Sc2cccc(C)c2)C(C)=O)cc1. The molecule has 0 aliphatic heterocycles. The van der Waals surface area contributed by atoms with Crippen LogP contribution in [0.5, 0.6) is 5.75 Å². The monoisotopic (exact) mass is 314 g/mol. The number of benzene rings is 2. The van der Waals surface area contributed by atoms with Gasteiger partial charge in [0.1, 0.15) is 5.75 Å². The van der Waals surface area contributed by atoms with Crippen molar-refractivity contribution < 1.29 is 9.53 Å². The zero-order valence-corrected chi connectivity index (χ0v) is 13.6. The summed E-state index contributed by atoms with van der Waals surface area (Å²) in [5.74, 6) is 0.697. The summed E-state index contributed by atoms with van der Waals surface area (Å²) in [6.45, 7) is 3.53. The third-order valence-corrected chi connectivity index (χ3v) is 3.94. The van der Waals surface area contributed by atoms with E-state index in [9.17, 15) is 4.79 Å². The Bertz CT molecular complexity index is 681. The van der Waals surface area contributed by atoms with E-state index in [0.717, 1.165) is 21.9 Å². The third-order valence-electron chi connectivity index (χ3n) is 2.88. The molecular formula is C17H18N2O2S. The minimum atomic E-state index is -0.0764. The van der Waals surface area contributed by atoms with Crippen LogP contribution in [0.25, 0.3) is 0 Å². The number of nitrogens with zero attached hydrogens (tertiary/aromatic N) is 1. The largest absolute Gasteiger partial charge is 0.497 e. The number of carbonyl (C=O) groups is 1. The van der Waals surface area contributed by atoms with Gasteiger partial charge in [-0.15, -0.1) is 0 Å². The fourth-order valence-corrected chi connectivity index (χ4v) is 2.59. The molecule has 0 saturated heterocycles. The Morgan fingerprint density at radius 1 is 1.18 bits per heavy atom. The van der Waals surface area contributed by atoms with Crippen LogP contribution in [0.1, 0.15) is 12.5 Å². The second kappa shape index (κ2) is 7.66. The molecule has 0 aromatic heterocycles. The van der Waals surface area contributed by atoms with Crippen LogP contribution in [-0.4, -0.2) is 17.9 Å². The van der Waals surface area contributed by atoms with E-state index in [0.29, 0.717) is 5.04 Å². The van der Waals surface area contributed by atoms with Crippen LogP contribution in [0.15, 0.2) is 58.5 Å². The second-order valence-corrected chi connectivity index (χ2v) is 5.79. The van der Waals surface area contributed by atoms with Crippen LogP contribution in [0, 0.1) is 6.92 Å². The van der Waals surface area contributed by atoms with Gasteiger partial charge in [-0.2, -0.15) is 5.10 Å². The van der Waals surface area contributed by atoms with Gasteiger partial charge < -0.3 is 4.74 Å². The van der Waals surface area contributed by atoms with Gasteiger partial charge in [-0.25, -0.2) is 0 Å². The number of ether oxygens (including phenoxy) is 1. The first kappa shape index (κ1) is 16.1. The second-order valence-electron chi connectivity index (χ2n) is 4.73. The molecule has 4 nitrogen and oxygen atoms in total. The lowest BCUT2D eigenvalue weighted by atomic mass is 10.2. The number of anilines is 1. The van der Waals surface area contributed by atoms with Crippen molar-refractivity contribution in [3.05, 3.63) is 54.1 Å². The number of ketones is 1. The molecule has 0 spiro atoms. The number of rotatable bonds is 5. The molecule has 0 heterocycles. The van der Waals surface area contributed by atoms with Crippen molar-refractivity contribution in [1.82, 2.24) is 0 Å². The minimum absolute atomic E-state index is 0.0764. The highest BCUT2D eigenvalue weighted by Crippen LogP contribution is 2.22. The van der Waals surface area contributed by atoms with E-state index in [1.54, 1.807) is 7.11 Å². The maximum atomic E-state index is 11.7. The average molecular weight is 314 g/mol. The zero-order valence-electron chi connectivity index (χ0n) is 12.8. The van der Waals surface area contributed by atoms with Gasteiger partial charge in [-0.1, -0.05) is 29.5 Å². The molecular weight excluding hydrogens is 296 g/mol. The molecule has 0 fully saturated rings. The van der Waals surface area contributed by atoms with Gasteiger partial charge in [0.05, 0.1) is 12.8 Å². The van der Waals surface area contributed by atoms with Crippen molar-refractivity contribution in [1.29, 1.82) is 0 Å². The maximum Gasteiger partial charge on any atom is 0.186 e. The van der Waals surface area contributed by atoms with Crippen molar-refractivity contribution in [2.24, 2.45) is 5.10 Å². The quantitative estimate of drug-likeness (QED) is 0.390. The highest BCUT2D eigenvalue weighted by atomic mass is 32.2. The van der Waals surface area contributed by atoms with Crippen molar-refractivity contribution >= 4 is 28.3 Å². The molecule has 2 rings (SSSR count). The molecule has 114 valence electrons.